The number of benzene rings is 1. The first-order valence-electron chi connectivity index (χ1n) is 7.11. The van der Waals surface area contributed by atoms with Gasteiger partial charge in [0.05, 0.1) is 17.4 Å². The van der Waals surface area contributed by atoms with E-state index in [1.807, 2.05) is 36.0 Å². The summed E-state index contributed by atoms with van der Waals surface area (Å²) in [6, 6.07) is 5.84. The lowest BCUT2D eigenvalue weighted by molar-refractivity contribution is 0.424. The molecule has 0 aliphatic carbocycles. The Morgan fingerprint density at radius 2 is 2.10 bits per heavy atom. The molecule has 1 aromatic heterocycles. The SMILES string of the molecule is CCn1cc(Oc2ccc(CNC(C)(C)C)cc2Cl)cn1. The third-order valence-corrected chi connectivity index (χ3v) is 3.28. The topological polar surface area (TPSA) is 39.1 Å². The quantitative estimate of drug-likeness (QED) is 0.898. The van der Waals surface area contributed by atoms with E-state index in [0.717, 1.165) is 18.7 Å². The van der Waals surface area contributed by atoms with Crippen LogP contribution in [0.2, 0.25) is 5.02 Å². The molecule has 2 aromatic rings. The summed E-state index contributed by atoms with van der Waals surface area (Å²) in [5.74, 6) is 1.34. The molecule has 21 heavy (non-hydrogen) atoms. The first-order valence-corrected chi connectivity index (χ1v) is 7.49. The number of nitrogens with zero attached hydrogens (tertiary/aromatic N) is 2. The molecule has 4 nitrogen and oxygen atoms in total. The monoisotopic (exact) mass is 307 g/mol. The van der Waals surface area contributed by atoms with Gasteiger partial charge in [0.25, 0.3) is 0 Å². The lowest BCUT2D eigenvalue weighted by atomic mass is 10.1. The molecule has 0 fully saturated rings. The summed E-state index contributed by atoms with van der Waals surface area (Å²) in [4.78, 5) is 0. The Hall–Kier alpha value is -1.52. The van der Waals surface area contributed by atoms with Crippen LogP contribution in [0.1, 0.15) is 33.3 Å². The number of nitrogens with one attached hydrogen (secondary N) is 1. The van der Waals surface area contributed by atoms with Crippen LogP contribution in [0.3, 0.4) is 0 Å². The molecule has 2 rings (SSSR count). The predicted octanol–water partition coefficient (Wildman–Crippen LogP) is 4.24. The molecule has 0 unspecified atom stereocenters. The highest BCUT2D eigenvalue weighted by Gasteiger charge is 2.10. The Bertz CT molecular complexity index is 602. The molecule has 0 radical (unpaired) electrons. The molecular weight excluding hydrogens is 286 g/mol. The molecule has 0 saturated carbocycles. The van der Waals surface area contributed by atoms with Crippen molar-refractivity contribution in [1.29, 1.82) is 0 Å². The van der Waals surface area contributed by atoms with Crippen LogP contribution in [0.5, 0.6) is 11.5 Å². The van der Waals surface area contributed by atoms with Gasteiger partial charge >= 0.3 is 0 Å². The fourth-order valence-electron chi connectivity index (χ4n) is 1.80. The van der Waals surface area contributed by atoms with Crippen molar-refractivity contribution < 1.29 is 4.74 Å². The average Bonchev–Trinajstić information content (AvgIpc) is 2.86. The maximum atomic E-state index is 6.29. The summed E-state index contributed by atoms with van der Waals surface area (Å²) in [7, 11) is 0. The number of hydrogen-bond donors (Lipinski definition) is 1. The van der Waals surface area contributed by atoms with Crippen molar-refractivity contribution in [2.45, 2.75) is 46.3 Å². The zero-order chi connectivity index (χ0) is 15.5. The van der Waals surface area contributed by atoms with E-state index >= 15 is 0 Å². The van der Waals surface area contributed by atoms with Crippen molar-refractivity contribution in [3.05, 3.63) is 41.2 Å². The summed E-state index contributed by atoms with van der Waals surface area (Å²) < 4.78 is 7.57. The summed E-state index contributed by atoms with van der Waals surface area (Å²) >= 11 is 6.29. The van der Waals surface area contributed by atoms with Gasteiger partial charge in [-0.2, -0.15) is 5.10 Å². The third kappa shape index (κ3) is 4.76. The van der Waals surface area contributed by atoms with Crippen LogP contribution < -0.4 is 10.1 Å². The van der Waals surface area contributed by atoms with E-state index in [4.69, 9.17) is 16.3 Å². The molecule has 0 aliphatic rings. The number of aryl methyl sites for hydroxylation is 1. The zero-order valence-electron chi connectivity index (χ0n) is 13.0. The van der Waals surface area contributed by atoms with Gasteiger partial charge in [0.1, 0.15) is 5.75 Å². The Morgan fingerprint density at radius 1 is 1.33 bits per heavy atom. The Labute approximate surface area is 131 Å². The molecule has 0 aliphatic heterocycles. The Balaban J connectivity index is 2.05. The maximum absolute atomic E-state index is 6.29. The van der Waals surface area contributed by atoms with E-state index in [0.29, 0.717) is 16.5 Å². The molecule has 114 valence electrons. The Morgan fingerprint density at radius 3 is 2.67 bits per heavy atom. The van der Waals surface area contributed by atoms with Crippen molar-refractivity contribution in [2.24, 2.45) is 0 Å². The van der Waals surface area contributed by atoms with E-state index < -0.39 is 0 Å². The van der Waals surface area contributed by atoms with E-state index in [2.05, 4.69) is 31.2 Å². The first-order chi connectivity index (χ1) is 9.87. The zero-order valence-corrected chi connectivity index (χ0v) is 13.7. The molecule has 1 N–H and O–H groups in total. The van der Waals surface area contributed by atoms with E-state index in [-0.39, 0.29) is 5.54 Å². The molecule has 0 bridgehead atoms. The number of hydrogen-bond acceptors (Lipinski definition) is 3. The third-order valence-electron chi connectivity index (χ3n) is 2.98. The maximum Gasteiger partial charge on any atom is 0.165 e. The summed E-state index contributed by atoms with van der Waals surface area (Å²) in [6.45, 7) is 10.0. The van der Waals surface area contributed by atoms with E-state index in [9.17, 15) is 0 Å². The highest BCUT2D eigenvalue weighted by Crippen LogP contribution is 2.30. The van der Waals surface area contributed by atoms with Gasteiger partial charge < -0.3 is 10.1 Å². The molecular formula is C16H22ClN3O. The highest BCUT2D eigenvalue weighted by molar-refractivity contribution is 6.32. The molecule has 1 heterocycles. The summed E-state index contributed by atoms with van der Waals surface area (Å²) in [6.07, 6.45) is 3.54. The van der Waals surface area contributed by atoms with Gasteiger partial charge in [-0.05, 0) is 45.4 Å². The molecule has 0 spiro atoms. The summed E-state index contributed by atoms with van der Waals surface area (Å²) in [5.41, 5.74) is 1.21. The molecule has 5 heteroatoms. The number of aromatic nitrogens is 2. The largest absolute Gasteiger partial charge is 0.452 e. The van der Waals surface area contributed by atoms with Gasteiger partial charge in [-0.15, -0.1) is 0 Å². The van der Waals surface area contributed by atoms with Crippen molar-refractivity contribution >= 4 is 11.6 Å². The Kier molecular flexibility index (Phi) is 4.91. The van der Waals surface area contributed by atoms with Crippen LogP contribution in [-0.4, -0.2) is 15.3 Å². The number of halogens is 1. The minimum Gasteiger partial charge on any atom is -0.452 e. The van der Waals surface area contributed by atoms with Gasteiger partial charge in [-0.25, -0.2) is 0 Å². The fourth-order valence-corrected chi connectivity index (χ4v) is 2.04. The van der Waals surface area contributed by atoms with E-state index in [1.54, 1.807) is 6.20 Å². The lowest BCUT2D eigenvalue weighted by Crippen LogP contribution is -2.35. The van der Waals surface area contributed by atoms with Crippen LogP contribution in [0.15, 0.2) is 30.6 Å². The van der Waals surface area contributed by atoms with Crippen LogP contribution in [-0.2, 0) is 13.1 Å². The summed E-state index contributed by atoms with van der Waals surface area (Å²) in [5, 5.41) is 8.21. The number of rotatable bonds is 5. The van der Waals surface area contributed by atoms with Crippen molar-refractivity contribution in [3.63, 3.8) is 0 Å². The van der Waals surface area contributed by atoms with Crippen molar-refractivity contribution in [2.75, 3.05) is 0 Å². The normalized spacial score (nSPS) is 11.7. The second-order valence-corrected chi connectivity index (χ2v) is 6.41. The fraction of sp³-hybridized carbons (Fsp3) is 0.438. The van der Waals surface area contributed by atoms with Gasteiger partial charge in [0.2, 0.25) is 0 Å². The minimum atomic E-state index is 0.0797. The second-order valence-electron chi connectivity index (χ2n) is 6.00. The molecule has 0 amide bonds. The van der Waals surface area contributed by atoms with Crippen molar-refractivity contribution in [3.8, 4) is 11.5 Å². The molecule has 1 aromatic carbocycles. The van der Waals surface area contributed by atoms with E-state index in [1.165, 1.54) is 0 Å². The molecule has 0 atom stereocenters. The predicted molar refractivity (Wildman–Crippen MR) is 86.0 cm³/mol. The van der Waals surface area contributed by atoms with Crippen LogP contribution in [0.4, 0.5) is 0 Å². The van der Waals surface area contributed by atoms with Gasteiger partial charge in [0, 0.05) is 18.6 Å². The van der Waals surface area contributed by atoms with Gasteiger partial charge in [0.15, 0.2) is 5.75 Å². The lowest BCUT2D eigenvalue weighted by Gasteiger charge is -2.20. The standard InChI is InChI=1S/C16H22ClN3O/c1-5-20-11-13(10-19-20)21-15-7-6-12(8-14(15)17)9-18-16(2,3)4/h6-8,10-11,18H,5,9H2,1-4H3. The second kappa shape index (κ2) is 6.50. The van der Waals surface area contributed by atoms with Crippen LogP contribution in [0.25, 0.3) is 0 Å². The average molecular weight is 308 g/mol. The minimum absolute atomic E-state index is 0.0797. The first kappa shape index (κ1) is 15.9. The van der Waals surface area contributed by atoms with Crippen molar-refractivity contribution in [1.82, 2.24) is 15.1 Å². The van der Waals surface area contributed by atoms with Crippen LogP contribution in [0, 0.1) is 0 Å². The number of ether oxygens (including phenoxy) is 1. The van der Waals surface area contributed by atoms with Gasteiger partial charge in [-0.1, -0.05) is 17.7 Å². The molecule has 0 saturated heterocycles. The van der Waals surface area contributed by atoms with Gasteiger partial charge in [-0.3, -0.25) is 4.68 Å². The highest BCUT2D eigenvalue weighted by atomic mass is 35.5. The smallest absolute Gasteiger partial charge is 0.165 e. The van der Waals surface area contributed by atoms with Crippen LogP contribution >= 0.6 is 11.6 Å².